The fraction of sp³-hybridized carbons (Fsp3) is 0.222. The van der Waals surface area contributed by atoms with Crippen LogP contribution in [0.2, 0.25) is 0 Å². The minimum Gasteiger partial charge on any atom is -0.395 e. The molecule has 0 spiro atoms. The predicted octanol–water partition coefficient (Wildman–Crippen LogP) is 0.416. The molecule has 0 fully saturated rings. The van der Waals surface area contributed by atoms with E-state index in [1.807, 2.05) is 6.92 Å². The Hall–Kier alpha value is -1.96. The summed E-state index contributed by atoms with van der Waals surface area (Å²) in [5.41, 5.74) is 18.5. The summed E-state index contributed by atoms with van der Waals surface area (Å²) in [6, 6.07) is 1.50. The molecule has 0 bridgehead atoms. The normalized spacial score (nSPS) is 10.7. The highest BCUT2D eigenvalue weighted by molar-refractivity contribution is 7.99. The molecule has 2 rings (SSSR count). The molecular weight excluding hydrogens is 238 g/mol. The van der Waals surface area contributed by atoms with Crippen molar-refractivity contribution in [2.45, 2.75) is 17.1 Å². The fourth-order valence-electron chi connectivity index (χ4n) is 1.37. The molecule has 0 aliphatic carbocycles. The largest absolute Gasteiger partial charge is 0.395 e. The summed E-state index contributed by atoms with van der Waals surface area (Å²) in [6.45, 7) is 1.84. The Kier molecular flexibility index (Phi) is 2.80. The van der Waals surface area contributed by atoms with Crippen LogP contribution in [-0.2, 0) is 7.05 Å². The Bertz CT molecular complexity index is 542. The third kappa shape index (κ3) is 2.26. The molecule has 0 aliphatic heterocycles. The first-order valence-electron chi connectivity index (χ1n) is 4.84. The number of nitrogens with zero attached hydrogens (tertiary/aromatic N) is 4. The van der Waals surface area contributed by atoms with Crippen molar-refractivity contribution in [2.75, 3.05) is 17.2 Å². The molecular formula is C9H13N7S. The zero-order chi connectivity index (χ0) is 12.6. The van der Waals surface area contributed by atoms with Crippen LogP contribution in [0.5, 0.6) is 0 Å². The summed E-state index contributed by atoms with van der Waals surface area (Å²) in [6.07, 6.45) is 0. The molecule has 0 amide bonds. The zero-order valence-electron chi connectivity index (χ0n) is 9.51. The Morgan fingerprint density at radius 3 is 2.24 bits per heavy atom. The van der Waals surface area contributed by atoms with Crippen molar-refractivity contribution in [3.8, 4) is 0 Å². The Morgan fingerprint density at radius 2 is 1.76 bits per heavy atom. The van der Waals surface area contributed by atoms with Gasteiger partial charge in [-0.3, -0.25) is 4.68 Å². The first-order valence-corrected chi connectivity index (χ1v) is 5.66. The van der Waals surface area contributed by atoms with Crippen LogP contribution in [0.1, 0.15) is 5.69 Å². The molecule has 0 saturated carbocycles. The average Bonchev–Trinajstić information content (AvgIpc) is 2.44. The van der Waals surface area contributed by atoms with Gasteiger partial charge in [-0.2, -0.15) is 5.10 Å². The minimum atomic E-state index is 0.331. The number of aromatic nitrogens is 4. The van der Waals surface area contributed by atoms with E-state index in [-0.39, 0.29) is 0 Å². The maximum Gasteiger partial charge on any atom is 0.197 e. The summed E-state index contributed by atoms with van der Waals surface area (Å²) in [5.74, 6) is 0.662. The van der Waals surface area contributed by atoms with E-state index in [2.05, 4.69) is 15.1 Å². The summed E-state index contributed by atoms with van der Waals surface area (Å²) in [7, 11) is 1.81. The van der Waals surface area contributed by atoms with Crippen LogP contribution in [0, 0.1) is 6.92 Å². The van der Waals surface area contributed by atoms with E-state index in [1.165, 1.54) is 17.8 Å². The van der Waals surface area contributed by atoms with E-state index in [0.717, 1.165) is 10.7 Å². The second-order valence-corrected chi connectivity index (χ2v) is 4.49. The van der Waals surface area contributed by atoms with Crippen molar-refractivity contribution in [1.29, 1.82) is 0 Å². The van der Waals surface area contributed by atoms with Gasteiger partial charge < -0.3 is 17.2 Å². The minimum absolute atomic E-state index is 0.331. The number of hydrogen-bond acceptors (Lipinski definition) is 7. The molecule has 0 aromatic carbocycles. The second kappa shape index (κ2) is 4.13. The number of rotatable bonds is 2. The molecule has 2 heterocycles. The number of aryl methyl sites for hydroxylation is 2. The number of nitrogen functional groups attached to an aromatic ring is 3. The van der Waals surface area contributed by atoms with Crippen LogP contribution < -0.4 is 17.2 Å². The monoisotopic (exact) mass is 251 g/mol. The summed E-state index contributed by atoms with van der Waals surface area (Å²) >= 11 is 1.28. The molecule has 0 atom stereocenters. The number of hydrogen-bond donors (Lipinski definition) is 3. The van der Waals surface area contributed by atoms with Gasteiger partial charge in [0.1, 0.15) is 16.7 Å². The van der Waals surface area contributed by atoms with Crippen LogP contribution in [0.3, 0.4) is 0 Å². The molecule has 2 aromatic heterocycles. The van der Waals surface area contributed by atoms with Crippen LogP contribution in [-0.4, -0.2) is 19.7 Å². The average molecular weight is 251 g/mol. The summed E-state index contributed by atoms with van der Waals surface area (Å²) in [4.78, 5) is 8.15. The second-order valence-electron chi connectivity index (χ2n) is 3.53. The first-order chi connectivity index (χ1) is 7.97. The van der Waals surface area contributed by atoms with Gasteiger partial charge in [-0.25, -0.2) is 9.97 Å². The van der Waals surface area contributed by atoms with E-state index in [9.17, 15) is 0 Å². The lowest BCUT2D eigenvalue weighted by molar-refractivity contribution is 0.692. The molecule has 90 valence electrons. The van der Waals surface area contributed by atoms with Gasteiger partial charge >= 0.3 is 0 Å². The van der Waals surface area contributed by atoms with Gasteiger partial charge in [-0.15, -0.1) is 0 Å². The lowest BCUT2D eigenvalue weighted by Gasteiger charge is -2.03. The number of anilines is 3. The topological polar surface area (TPSA) is 122 Å². The number of nitrogens with two attached hydrogens (primary N) is 3. The molecule has 2 aromatic rings. The maximum absolute atomic E-state index is 5.91. The molecule has 0 radical (unpaired) electrons. The van der Waals surface area contributed by atoms with E-state index in [0.29, 0.717) is 22.5 Å². The van der Waals surface area contributed by atoms with Crippen molar-refractivity contribution in [3.63, 3.8) is 0 Å². The molecule has 8 heteroatoms. The quantitative estimate of drug-likeness (QED) is 0.661. The lowest BCUT2D eigenvalue weighted by Crippen LogP contribution is -2.00. The van der Waals surface area contributed by atoms with Crippen LogP contribution in [0.4, 0.5) is 17.3 Å². The standard InChI is InChI=1S/C9H13N7S/c1-4-7(12)8(16(2)15-4)17-9-13-5(10)3-6(11)14-9/h3H,12H2,1-2H3,(H4,10,11,13,14). The molecule has 7 nitrogen and oxygen atoms in total. The third-order valence-electron chi connectivity index (χ3n) is 2.15. The molecule has 6 N–H and O–H groups in total. The highest BCUT2D eigenvalue weighted by Crippen LogP contribution is 2.31. The van der Waals surface area contributed by atoms with Crippen molar-refractivity contribution in [1.82, 2.24) is 19.7 Å². The molecule has 17 heavy (non-hydrogen) atoms. The van der Waals surface area contributed by atoms with Gasteiger partial charge in [0.2, 0.25) is 0 Å². The predicted molar refractivity (Wildman–Crippen MR) is 67.3 cm³/mol. The van der Waals surface area contributed by atoms with E-state index in [4.69, 9.17) is 17.2 Å². The maximum atomic E-state index is 5.91. The highest BCUT2D eigenvalue weighted by Gasteiger charge is 2.13. The Morgan fingerprint density at radius 1 is 1.18 bits per heavy atom. The van der Waals surface area contributed by atoms with Crippen molar-refractivity contribution >= 4 is 29.1 Å². The van der Waals surface area contributed by atoms with Gasteiger partial charge in [0.15, 0.2) is 5.16 Å². The van der Waals surface area contributed by atoms with Crippen LogP contribution in [0.15, 0.2) is 16.2 Å². The van der Waals surface area contributed by atoms with E-state index < -0.39 is 0 Å². The Balaban J connectivity index is 2.37. The molecule has 0 saturated heterocycles. The van der Waals surface area contributed by atoms with Gasteiger partial charge in [0.05, 0.1) is 11.4 Å². The van der Waals surface area contributed by atoms with Gasteiger partial charge in [-0.1, -0.05) is 0 Å². The van der Waals surface area contributed by atoms with Crippen molar-refractivity contribution < 1.29 is 0 Å². The van der Waals surface area contributed by atoms with Crippen LogP contribution in [0.25, 0.3) is 0 Å². The highest BCUT2D eigenvalue weighted by atomic mass is 32.2. The lowest BCUT2D eigenvalue weighted by atomic mass is 10.4. The SMILES string of the molecule is Cc1nn(C)c(Sc2nc(N)cc(N)n2)c1N. The first kappa shape index (κ1) is 11.5. The third-order valence-corrected chi connectivity index (χ3v) is 3.19. The van der Waals surface area contributed by atoms with Gasteiger partial charge in [0, 0.05) is 13.1 Å². The van der Waals surface area contributed by atoms with Crippen molar-refractivity contribution in [3.05, 3.63) is 11.8 Å². The Labute approximate surface area is 102 Å². The van der Waals surface area contributed by atoms with Gasteiger partial charge in [-0.05, 0) is 18.7 Å². The van der Waals surface area contributed by atoms with E-state index in [1.54, 1.807) is 11.7 Å². The van der Waals surface area contributed by atoms with Gasteiger partial charge in [0.25, 0.3) is 0 Å². The zero-order valence-corrected chi connectivity index (χ0v) is 10.3. The molecule has 0 unspecified atom stereocenters. The smallest absolute Gasteiger partial charge is 0.197 e. The van der Waals surface area contributed by atoms with Crippen LogP contribution >= 0.6 is 11.8 Å². The van der Waals surface area contributed by atoms with Crippen molar-refractivity contribution in [2.24, 2.45) is 7.05 Å². The molecule has 0 aliphatic rings. The fourth-order valence-corrected chi connectivity index (χ4v) is 2.27. The summed E-state index contributed by atoms with van der Waals surface area (Å²) in [5, 5.41) is 5.43. The summed E-state index contributed by atoms with van der Waals surface area (Å²) < 4.78 is 1.68. The van der Waals surface area contributed by atoms with E-state index >= 15 is 0 Å².